The molecule has 0 radical (unpaired) electrons. The van der Waals surface area contributed by atoms with Crippen LogP contribution in [-0.4, -0.2) is 28.5 Å². The Balaban J connectivity index is 2.05. The van der Waals surface area contributed by atoms with Crippen molar-refractivity contribution in [3.05, 3.63) is 57.0 Å². The number of aryl methyl sites for hydroxylation is 2. The van der Waals surface area contributed by atoms with Crippen LogP contribution in [0.2, 0.25) is 0 Å². The Morgan fingerprint density at radius 2 is 2.00 bits per heavy atom. The zero-order chi connectivity index (χ0) is 20.4. The fourth-order valence-electron chi connectivity index (χ4n) is 3.08. The molecule has 1 atom stereocenters. The number of methoxy groups -OCH3 is 1. The summed E-state index contributed by atoms with van der Waals surface area (Å²) >= 11 is 1.16. The number of thiophene rings is 1. The highest BCUT2D eigenvalue weighted by Gasteiger charge is 2.25. The van der Waals surface area contributed by atoms with Gasteiger partial charge in [0.15, 0.2) is 0 Å². The molecule has 2 heterocycles. The normalized spacial score (nSPS) is 12.0. The number of rotatable bonds is 5. The molecule has 0 spiro atoms. The highest BCUT2D eigenvalue weighted by Crippen LogP contribution is 2.28. The summed E-state index contributed by atoms with van der Waals surface area (Å²) in [6.07, 6.45) is 1.73. The fourth-order valence-corrected chi connectivity index (χ4v) is 4.12. The maximum atomic E-state index is 13.0. The average Bonchev–Trinajstić information content (AvgIpc) is 3.03. The summed E-state index contributed by atoms with van der Waals surface area (Å²) in [5.41, 5.74) is 1.86. The van der Waals surface area contributed by atoms with Gasteiger partial charge in [0.25, 0.3) is 11.5 Å². The number of fused-ring (bicyclic) bond motifs is 1. The van der Waals surface area contributed by atoms with E-state index >= 15 is 0 Å². The SMILES string of the molecule is CC[C@H](C(=O)OC)n1cnc2sc(C(=O)Nc3ccccc3C)c(C)c2c1=O. The molecule has 0 unspecified atom stereocenters. The van der Waals surface area contributed by atoms with Gasteiger partial charge in [0.05, 0.1) is 23.7 Å². The van der Waals surface area contributed by atoms with Crippen LogP contribution in [0.4, 0.5) is 5.69 Å². The van der Waals surface area contributed by atoms with Gasteiger partial charge in [-0.3, -0.25) is 14.2 Å². The minimum atomic E-state index is -0.752. The molecule has 146 valence electrons. The summed E-state index contributed by atoms with van der Waals surface area (Å²) in [7, 11) is 1.28. The number of nitrogens with one attached hydrogen (secondary N) is 1. The van der Waals surface area contributed by atoms with E-state index in [0.29, 0.717) is 32.8 Å². The molecule has 0 fully saturated rings. The Morgan fingerprint density at radius 1 is 1.29 bits per heavy atom. The first-order valence-corrected chi connectivity index (χ1v) is 9.65. The van der Waals surface area contributed by atoms with E-state index in [1.165, 1.54) is 18.0 Å². The van der Waals surface area contributed by atoms with E-state index in [1.54, 1.807) is 13.8 Å². The maximum absolute atomic E-state index is 13.0. The van der Waals surface area contributed by atoms with E-state index in [1.807, 2.05) is 31.2 Å². The first kappa shape index (κ1) is 19.8. The van der Waals surface area contributed by atoms with Crippen molar-refractivity contribution in [1.82, 2.24) is 9.55 Å². The first-order chi connectivity index (χ1) is 13.4. The molecule has 1 N–H and O–H groups in total. The molecule has 28 heavy (non-hydrogen) atoms. The average molecular weight is 399 g/mol. The summed E-state index contributed by atoms with van der Waals surface area (Å²) in [6, 6.07) is 6.72. The molecule has 0 bridgehead atoms. The number of anilines is 1. The lowest BCUT2D eigenvalue weighted by molar-refractivity contribution is -0.144. The van der Waals surface area contributed by atoms with E-state index < -0.39 is 12.0 Å². The molecule has 2 aromatic heterocycles. The number of carbonyl (C=O) groups is 2. The van der Waals surface area contributed by atoms with E-state index in [9.17, 15) is 14.4 Å². The molecule has 8 heteroatoms. The van der Waals surface area contributed by atoms with Gasteiger partial charge in [-0.1, -0.05) is 25.1 Å². The molecule has 1 amide bonds. The second kappa shape index (κ2) is 7.93. The van der Waals surface area contributed by atoms with Crippen molar-refractivity contribution in [3.8, 4) is 0 Å². The Bertz CT molecular complexity index is 1120. The zero-order valence-electron chi connectivity index (χ0n) is 16.1. The molecule has 0 aliphatic carbocycles. The second-order valence-corrected chi connectivity index (χ2v) is 7.41. The van der Waals surface area contributed by atoms with Gasteiger partial charge in [0.2, 0.25) is 0 Å². The molecule has 1 aromatic carbocycles. The summed E-state index contributed by atoms with van der Waals surface area (Å²) < 4.78 is 6.06. The van der Waals surface area contributed by atoms with Crippen molar-refractivity contribution in [2.24, 2.45) is 0 Å². The molecule has 0 aliphatic heterocycles. The van der Waals surface area contributed by atoms with Crippen LogP contribution in [0.25, 0.3) is 10.2 Å². The third-order valence-electron chi connectivity index (χ3n) is 4.67. The minimum absolute atomic E-state index is 0.291. The van der Waals surface area contributed by atoms with Crippen molar-refractivity contribution < 1.29 is 14.3 Å². The van der Waals surface area contributed by atoms with Crippen LogP contribution in [0.1, 0.15) is 40.2 Å². The van der Waals surface area contributed by atoms with Crippen molar-refractivity contribution in [1.29, 1.82) is 0 Å². The van der Waals surface area contributed by atoms with Crippen molar-refractivity contribution in [3.63, 3.8) is 0 Å². The second-order valence-electron chi connectivity index (χ2n) is 6.41. The van der Waals surface area contributed by atoms with Gasteiger partial charge in [0.1, 0.15) is 10.9 Å². The van der Waals surface area contributed by atoms with Gasteiger partial charge < -0.3 is 10.1 Å². The largest absolute Gasteiger partial charge is 0.467 e. The van der Waals surface area contributed by atoms with Gasteiger partial charge in [-0.2, -0.15) is 0 Å². The Morgan fingerprint density at radius 3 is 2.64 bits per heavy atom. The Labute approximate surface area is 166 Å². The summed E-state index contributed by atoms with van der Waals surface area (Å²) in [5.74, 6) is -0.795. The lowest BCUT2D eigenvalue weighted by Gasteiger charge is -2.15. The van der Waals surface area contributed by atoms with Gasteiger partial charge in [-0.05, 0) is 37.5 Å². The van der Waals surface area contributed by atoms with Crippen molar-refractivity contribution >= 4 is 39.1 Å². The monoisotopic (exact) mass is 399 g/mol. The standard InChI is InChI=1S/C20H21N3O4S/c1-5-14(20(26)27-4)23-10-21-18-15(19(23)25)12(3)16(28-18)17(24)22-13-9-7-6-8-11(13)2/h6-10,14H,5H2,1-4H3,(H,22,24)/t14-/m1/s1. The third-order valence-corrected chi connectivity index (χ3v) is 5.87. The zero-order valence-corrected chi connectivity index (χ0v) is 16.9. The number of nitrogens with zero attached hydrogens (tertiary/aromatic N) is 2. The van der Waals surface area contributed by atoms with E-state index in [4.69, 9.17) is 4.74 Å². The van der Waals surface area contributed by atoms with Crippen molar-refractivity contribution in [2.45, 2.75) is 33.2 Å². The Hall–Kier alpha value is -3.00. The number of esters is 1. The lowest BCUT2D eigenvalue weighted by Crippen LogP contribution is -2.30. The van der Waals surface area contributed by atoms with Gasteiger partial charge in [-0.25, -0.2) is 9.78 Å². The van der Waals surface area contributed by atoms with E-state index in [2.05, 4.69) is 10.3 Å². The highest BCUT2D eigenvalue weighted by molar-refractivity contribution is 7.20. The third kappa shape index (κ3) is 3.43. The summed E-state index contributed by atoms with van der Waals surface area (Å²) in [6.45, 7) is 5.42. The van der Waals surface area contributed by atoms with Crippen LogP contribution < -0.4 is 10.9 Å². The van der Waals surface area contributed by atoms with Crippen molar-refractivity contribution in [2.75, 3.05) is 12.4 Å². The lowest BCUT2D eigenvalue weighted by atomic mass is 10.1. The predicted octanol–water partition coefficient (Wildman–Crippen LogP) is 3.45. The number of hydrogen-bond donors (Lipinski definition) is 1. The number of para-hydroxylation sites is 1. The molecule has 0 aliphatic rings. The molecule has 3 rings (SSSR count). The predicted molar refractivity (Wildman–Crippen MR) is 109 cm³/mol. The fraction of sp³-hybridized carbons (Fsp3) is 0.300. The molecule has 0 saturated heterocycles. The number of amides is 1. The van der Waals surface area contributed by atoms with Crippen LogP contribution in [0.5, 0.6) is 0 Å². The quantitative estimate of drug-likeness (QED) is 0.664. The number of carbonyl (C=O) groups excluding carboxylic acids is 2. The van der Waals surface area contributed by atoms with Crippen LogP contribution in [0, 0.1) is 13.8 Å². The summed E-state index contributed by atoms with van der Waals surface area (Å²) in [5, 5.41) is 3.24. The van der Waals surface area contributed by atoms with Crippen LogP contribution >= 0.6 is 11.3 Å². The molecule has 3 aromatic rings. The van der Waals surface area contributed by atoms with Gasteiger partial charge in [-0.15, -0.1) is 11.3 Å². The Kier molecular flexibility index (Phi) is 5.60. The van der Waals surface area contributed by atoms with E-state index in [0.717, 1.165) is 16.9 Å². The van der Waals surface area contributed by atoms with Crippen LogP contribution in [-0.2, 0) is 9.53 Å². The number of benzene rings is 1. The molecule has 0 saturated carbocycles. The highest BCUT2D eigenvalue weighted by atomic mass is 32.1. The smallest absolute Gasteiger partial charge is 0.329 e. The van der Waals surface area contributed by atoms with Crippen LogP contribution in [0.15, 0.2) is 35.4 Å². The van der Waals surface area contributed by atoms with E-state index in [-0.39, 0.29) is 11.5 Å². The van der Waals surface area contributed by atoms with Crippen LogP contribution in [0.3, 0.4) is 0 Å². The minimum Gasteiger partial charge on any atom is -0.467 e. The number of ether oxygens (including phenoxy) is 1. The molecular weight excluding hydrogens is 378 g/mol. The maximum Gasteiger partial charge on any atom is 0.329 e. The number of aromatic nitrogens is 2. The topological polar surface area (TPSA) is 90.3 Å². The molecular formula is C20H21N3O4S. The van der Waals surface area contributed by atoms with Gasteiger partial charge in [0, 0.05) is 5.69 Å². The van der Waals surface area contributed by atoms with Gasteiger partial charge >= 0.3 is 5.97 Å². The summed E-state index contributed by atoms with van der Waals surface area (Å²) in [4.78, 5) is 43.0. The number of hydrogen-bond acceptors (Lipinski definition) is 6. The first-order valence-electron chi connectivity index (χ1n) is 8.84. The molecule has 7 nitrogen and oxygen atoms in total.